The molecule has 0 saturated carbocycles. The first kappa shape index (κ1) is 12.6. The van der Waals surface area contributed by atoms with Crippen molar-refractivity contribution in [3.63, 3.8) is 0 Å². The van der Waals surface area contributed by atoms with Crippen molar-refractivity contribution in [2.24, 2.45) is 0 Å². The van der Waals surface area contributed by atoms with Gasteiger partial charge in [0.25, 0.3) is 0 Å². The number of ether oxygens (including phenoxy) is 1. The molecule has 0 aliphatic heterocycles. The lowest BCUT2D eigenvalue weighted by atomic mass is 10.1. The van der Waals surface area contributed by atoms with Crippen LogP contribution in [-0.4, -0.2) is 31.3 Å². The van der Waals surface area contributed by atoms with Crippen LogP contribution < -0.4 is 5.32 Å². The second-order valence-corrected chi connectivity index (χ2v) is 4.55. The van der Waals surface area contributed by atoms with Gasteiger partial charge in [-0.05, 0) is 19.4 Å². The predicted molar refractivity (Wildman–Crippen MR) is 64.4 cm³/mol. The quantitative estimate of drug-likeness (QED) is 0.740. The highest BCUT2D eigenvalue weighted by Crippen LogP contribution is 2.08. The molecule has 0 aromatic carbocycles. The van der Waals surface area contributed by atoms with E-state index >= 15 is 0 Å². The Hall–Kier alpha value is -0.450. The molecule has 1 atom stereocenters. The number of hydrogen-bond acceptors (Lipinski definition) is 4. The van der Waals surface area contributed by atoms with E-state index < -0.39 is 0 Å². The predicted octanol–water partition coefficient (Wildman–Crippen LogP) is 2.09. The number of aryl methyl sites for hydroxylation is 1. The van der Waals surface area contributed by atoms with Crippen LogP contribution in [0.4, 0.5) is 0 Å². The Morgan fingerprint density at radius 2 is 2.47 bits per heavy atom. The van der Waals surface area contributed by atoms with Crippen LogP contribution in [0.15, 0.2) is 11.6 Å². The topological polar surface area (TPSA) is 34.2 Å². The summed E-state index contributed by atoms with van der Waals surface area (Å²) in [6.45, 7) is 4.02. The highest BCUT2D eigenvalue weighted by molar-refractivity contribution is 7.09. The zero-order chi connectivity index (χ0) is 10.9. The second-order valence-electron chi connectivity index (χ2n) is 3.57. The molecule has 86 valence electrons. The Morgan fingerprint density at radius 3 is 3.07 bits per heavy atom. The molecule has 3 nitrogen and oxygen atoms in total. The van der Waals surface area contributed by atoms with E-state index in [1.165, 1.54) is 5.01 Å². The first-order valence-corrected chi connectivity index (χ1v) is 6.35. The number of nitrogens with zero attached hydrogens (tertiary/aromatic N) is 1. The normalized spacial score (nSPS) is 12.9. The maximum absolute atomic E-state index is 5.19. The van der Waals surface area contributed by atoms with Crippen molar-refractivity contribution in [1.82, 2.24) is 10.3 Å². The van der Waals surface area contributed by atoms with Gasteiger partial charge in [-0.15, -0.1) is 11.3 Å². The molecule has 1 aromatic rings. The molecule has 0 aliphatic carbocycles. The first-order chi connectivity index (χ1) is 7.36. The highest BCUT2D eigenvalue weighted by Gasteiger charge is 2.08. The van der Waals surface area contributed by atoms with Crippen molar-refractivity contribution in [3.05, 3.63) is 16.6 Å². The Morgan fingerprint density at radius 1 is 1.60 bits per heavy atom. The van der Waals surface area contributed by atoms with Crippen molar-refractivity contribution in [2.75, 3.05) is 20.3 Å². The third-order valence-electron chi connectivity index (χ3n) is 2.24. The SMILES string of the molecule is CCCNC(CCc1nccs1)COC. The van der Waals surface area contributed by atoms with Crippen molar-refractivity contribution >= 4 is 11.3 Å². The third kappa shape index (κ3) is 5.25. The number of methoxy groups -OCH3 is 1. The summed E-state index contributed by atoms with van der Waals surface area (Å²) < 4.78 is 5.19. The van der Waals surface area contributed by atoms with Crippen molar-refractivity contribution in [2.45, 2.75) is 32.2 Å². The van der Waals surface area contributed by atoms with E-state index in [1.807, 2.05) is 11.6 Å². The Bertz CT molecular complexity index is 239. The van der Waals surface area contributed by atoms with E-state index in [2.05, 4.69) is 17.2 Å². The fourth-order valence-corrected chi connectivity index (χ4v) is 2.10. The average Bonchev–Trinajstić information content (AvgIpc) is 2.75. The van der Waals surface area contributed by atoms with Gasteiger partial charge in [0.1, 0.15) is 0 Å². The lowest BCUT2D eigenvalue weighted by Crippen LogP contribution is -2.34. The number of aromatic nitrogens is 1. The zero-order valence-electron chi connectivity index (χ0n) is 9.53. The fourth-order valence-electron chi connectivity index (χ4n) is 1.47. The van der Waals surface area contributed by atoms with E-state index in [0.717, 1.165) is 32.4 Å². The van der Waals surface area contributed by atoms with Crippen molar-refractivity contribution < 1.29 is 4.74 Å². The Balaban J connectivity index is 2.24. The summed E-state index contributed by atoms with van der Waals surface area (Å²) in [6.07, 6.45) is 5.17. The molecule has 0 bridgehead atoms. The monoisotopic (exact) mass is 228 g/mol. The van der Waals surface area contributed by atoms with Crippen LogP contribution in [0.25, 0.3) is 0 Å². The van der Waals surface area contributed by atoms with E-state index in [-0.39, 0.29) is 0 Å². The van der Waals surface area contributed by atoms with Crippen LogP contribution in [0.5, 0.6) is 0 Å². The molecule has 0 saturated heterocycles. The van der Waals surface area contributed by atoms with E-state index in [4.69, 9.17) is 4.74 Å². The molecular weight excluding hydrogens is 208 g/mol. The number of rotatable bonds is 8. The van der Waals surface area contributed by atoms with Gasteiger partial charge >= 0.3 is 0 Å². The lowest BCUT2D eigenvalue weighted by molar-refractivity contribution is 0.162. The van der Waals surface area contributed by atoms with Gasteiger partial charge in [-0.3, -0.25) is 0 Å². The molecule has 0 radical (unpaired) electrons. The minimum atomic E-state index is 0.457. The molecule has 1 rings (SSSR count). The standard InChI is InChI=1S/C11H20N2OS/c1-3-6-12-10(9-14-2)4-5-11-13-7-8-15-11/h7-8,10,12H,3-6,9H2,1-2H3. The van der Waals surface area contributed by atoms with Crippen molar-refractivity contribution in [1.29, 1.82) is 0 Å². The molecule has 0 spiro atoms. The smallest absolute Gasteiger partial charge is 0.0925 e. The molecule has 1 N–H and O–H groups in total. The van der Waals surface area contributed by atoms with Gasteiger partial charge < -0.3 is 10.1 Å². The second kappa shape index (κ2) is 7.79. The highest BCUT2D eigenvalue weighted by atomic mass is 32.1. The molecule has 1 unspecified atom stereocenters. The maximum atomic E-state index is 5.19. The molecule has 1 aromatic heterocycles. The first-order valence-electron chi connectivity index (χ1n) is 5.47. The minimum absolute atomic E-state index is 0.457. The minimum Gasteiger partial charge on any atom is -0.383 e. The summed E-state index contributed by atoms with van der Waals surface area (Å²) in [7, 11) is 1.75. The molecule has 0 amide bonds. The van der Waals surface area contributed by atoms with Gasteiger partial charge in [0, 0.05) is 31.1 Å². The van der Waals surface area contributed by atoms with Crippen LogP contribution in [0, 0.1) is 0 Å². The summed E-state index contributed by atoms with van der Waals surface area (Å²) in [6, 6.07) is 0.457. The van der Waals surface area contributed by atoms with Gasteiger partial charge in [-0.2, -0.15) is 0 Å². The Kier molecular flexibility index (Phi) is 6.55. The summed E-state index contributed by atoms with van der Waals surface area (Å²) >= 11 is 1.73. The summed E-state index contributed by atoms with van der Waals surface area (Å²) in [5.41, 5.74) is 0. The molecule has 4 heteroatoms. The van der Waals surface area contributed by atoms with Gasteiger partial charge in [-0.25, -0.2) is 4.98 Å². The fraction of sp³-hybridized carbons (Fsp3) is 0.727. The van der Waals surface area contributed by atoms with E-state index in [1.54, 1.807) is 18.4 Å². The third-order valence-corrected chi connectivity index (χ3v) is 3.08. The summed E-state index contributed by atoms with van der Waals surface area (Å²) in [5, 5.41) is 6.73. The average molecular weight is 228 g/mol. The summed E-state index contributed by atoms with van der Waals surface area (Å²) in [4.78, 5) is 4.28. The van der Waals surface area contributed by atoms with Crippen LogP contribution in [0.3, 0.4) is 0 Å². The van der Waals surface area contributed by atoms with Crippen LogP contribution in [0.1, 0.15) is 24.8 Å². The van der Waals surface area contributed by atoms with Crippen LogP contribution in [0.2, 0.25) is 0 Å². The molecule has 1 heterocycles. The van der Waals surface area contributed by atoms with Crippen LogP contribution in [-0.2, 0) is 11.2 Å². The number of thiazole rings is 1. The lowest BCUT2D eigenvalue weighted by Gasteiger charge is -2.16. The van der Waals surface area contributed by atoms with Gasteiger partial charge in [0.05, 0.1) is 11.6 Å². The van der Waals surface area contributed by atoms with Crippen molar-refractivity contribution in [3.8, 4) is 0 Å². The van der Waals surface area contributed by atoms with E-state index in [0.29, 0.717) is 6.04 Å². The molecular formula is C11H20N2OS. The largest absolute Gasteiger partial charge is 0.383 e. The summed E-state index contributed by atoms with van der Waals surface area (Å²) in [5.74, 6) is 0. The number of nitrogens with one attached hydrogen (secondary N) is 1. The van der Waals surface area contributed by atoms with Crippen LogP contribution >= 0.6 is 11.3 Å². The number of hydrogen-bond donors (Lipinski definition) is 1. The maximum Gasteiger partial charge on any atom is 0.0925 e. The molecule has 15 heavy (non-hydrogen) atoms. The van der Waals surface area contributed by atoms with Gasteiger partial charge in [0.2, 0.25) is 0 Å². The molecule has 0 fully saturated rings. The van der Waals surface area contributed by atoms with Gasteiger partial charge in [0.15, 0.2) is 0 Å². The Labute approximate surface area is 95.9 Å². The van der Waals surface area contributed by atoms with Gasteiger partial charge in [-0.1, -0.05) is 6.92 Å². The zero-order valence-corrected chi connectivity index (χ0v) is 10.3. The molecule has 0 aliphatic rings. The van der Waals surface area contributed by atoms with E-state index in [9.17, 15) is 0 Å².